The molecular weight excluding hydrogens is 535 g/mol. The number of piperidine rings is 1. The fraction of sp³-hybridized carbons (Fsp3) is 0.467. The molecule has 0 radical (unpaired) electrons. The number of amides is 3. The summed E-state index contributed by atoms with van der Waals surface area (Å²) in [5, 5.41) is 9.99. The normalized spacial score (nSPS) is 22.9. The lowest BCUT2D eigenvalue weighted by atomic mass is 9.93. The van der Waals surface area contributed by atoms with Gasteiger partial charge in [0.15, 0.2) is 0 Å². The summed E-state index contributed by atoms with van der Waals surface area (Å²) < 4.78 is 18.9. The SMILES string of the molecule is CC[NH+](C(=O)Oc1ccc(F)cc1)C1CN(C(=O)C2CCN(C(=O)C3(C#N)CC3)CC2)CC1c1ccc(Cl)cc1. The molecule has 40 heavy (non-hydrogen) atoms. The summed E-state index contributed by atoms with van der Waals surface area (Å²) in [5.74, 6) is -0.577. The van der Waals surface area contributed by atoms with E-state index < -0.39 is 17.3 Å². The van der Waals surface area contributed by atoms with E-state index in [1.54, 1.807) is 4.90 Å². The summed E-state index contributed by atoms with van der Waals surface area (Å²) >= 11 is 6.14. The minimum Gasteiger partial charge on any atom is -0.381 e. The van der Waals surface area contributed by atoms with Gasteiger partial charge in [-0.3, -0.25) is 9.59 Å². The first-order valence-corrected chi connectivity index (χ1v) is 14.2. The lowest BCUT2D eigenvalue weighted by Gasteiger charge is -2.34. The number of hydrogen-bond donors (Lipinski definition) is 1. The van der Waals surface area contributed by atoms with Crippen LogP contribution < -0.4 is 9.64 Å². The molecule has 8 nitrogen and oxygen atoms in total. The van der Waals surface area contributed by atoms with Crippen LogP contribution in [0.3, 0.4) is 0 Å². The molecular formula is C30H33ClFN4O4+. The monoisotopic (exact) mass is 567 g/mol. The topological polar surface area (TPSA) is 95.2 Å². The zero-order valence-corrected chi connectivity index (χ0v) is 23.2. The molecule has 3 amide bonds. The first-order valence-electron chi connectivity index (χ1n) is 13.8. The fourth-order valence-corrected chi connectivity index (χ4v) is 6.13. The van der Waals surface area contributed by atoms with Crippen LogP contribution >= 0.6 is 11.6 Å². The third-order valence-electron chi connectivity index (χ3n) is 8.55. The number of benzene rings is 2. The van der Waals surface area contributed by atoms with Gasteiger partial charge in [0, 0.05) is 30.6 Å². The molecule has 2 aromatic carbocycles. The largest absolute Gasteiger partial charge is 0.520 e. The molecule has 3 aliphatic rings. The third-order valence-corrected chi connectivity index (χ3v) is 8.80. The minimum absolute atomic E-state index is 0.0253. The molecule has 2 aliphatic heterocycles. The van der Waals surface area contributed by atoms with E-state index >= 15 is 0 Å². The standard InChI is InChI=1S/C30H32ClFN4O4/c1-2-36(29(39)40-24-9-7-23(32)8-10-24)26-18-35(17-25(26)20-3-5-22(31)6-4-20)27(37)21-11-15-34(16-12-21)28(38)30(19-33)13-14-30/h3-10,21,25-26H,2,11-18H2,1H3/p+1. The minimum atomic E-state index is -0.847. The Kier molecular flexibility index (Phi) is 8.11. The molecule has 2 aromatic rings. The van der Waals surface area contributed by atoms with Crippen LogP contribution in [0.4, 0.5) is 9.18 Å². The molecule has 1 N–H and O–H groups in total. The number of hydrogen-bond acceptors (Lipinski definition) is 5. The molecule has 10 heteroatoms. The van der Waals surface area contributed by atoms with Gasteiger partial charge < -0.3 is 14.5 Å². The Bertz CT molecular complexity index is 1300. The highest BCUT2D eigenvalue weighted by Gasteiger charge is 2.53. The molecule has 3 fully saturated rings. The van der Waals surface area contributed by atoms with E-state index in [1.165, 1.54) is 24.3 Å². The molecule has 210 valence electrons. The average molecular weight is 568 g/mol. The molecule has 0 aromatic heterocycles. The Balaban J connectivity index is 1.30. The quantitative estimate of drug-likeness (QED) is 0.577. The molecule has 2 heterocycles. The van der Waals surface area contributed by atoms with E-state index in [0.29, 0.717) is 68.3 Å². The van der Waals surface area contributed by atoms with Gasteiger partial charge in [-0.05, 0) is 74.6 Å². The van der Waals surface area contributed by atoms with Crippen LogP contribution in [0.2, 0.25) is 5.02 Å². The number of likely N-dealkylation sites (tertiary alicyclic amines) is 2. The predicted octanol–water partition coefficient (Wildman–Crippen LogP) is 3.42. The predicted molar refractivity (Wildman–Crippen MR) is 145 cm³/mol. The number of halogens is 2. The van der Waals surface area contributed by atoms with Crippen molar-refractivity contribution in [2.75, 3.05) is 32.7 Å². The van der Waals surface area contributed by atoms with E-state index in [1.807, 2.05) is 36.1 Å². The lowest BCUT2D eigenvalue weighted by molar-refractivity contribution is -0.847. The first-order chi connectivity index (χ1) is 19.2. The number of likely N-dealkylation sites (N-methyl/N-ethyl adjacent to an activating group) is 1. The summed E-state index contributed by atoms with van der Waals surface area (Å²) in [6.45, 7) is 4.10. The van der Waals surface area contributed by atoms with Crippen LogP contribution in [0.15, 0.2) is 48.5 Å². The van der Waals surface area contributed by atoms with E-state index in [2.05, 4.69) is 6.07 Å². The second-order valence-corrected chi connectivity index (χ2v) is 11.4. The smallest absolute Gasteiger partial charge is 0.381 e. The van der Waals surface area contributed by atoms with Gasteiger partial charge in [-0.2, -0.15) is 10.1 Å². The van der Waals surface area contributed by atoms with E-state index in [9.17, 15) is 24.0 Å². The van der Waals surface area contributed by atoms with Crippen LogP contribution in [0, 0.1) is 28.5 Å². The molecule has 5 rings (SSSR count). The first kappa shape index (κ1) is 28.1. The summed E-state index contributed by atoms with van der Waals surface area (Å²) in [4.78, 5) is 43.9. The number of ether oxygens (including phenoxy) is 1. The molecule has 2 saturated heterocycles. The lowest BCUT2D eigenvalue weighted by Crippen LogP contribution is -3.19. The zero-order valence-electron chi connectivity index (χ0n) is 22.4. The van der Waals surface area contributed by atoms with Crippen molar-refractivity contribution >= 4 is 29.5 Å². The molecule has 0 bridgehead atoms. The molecule has 3 unspecified atom stereocenters. The molecule has 3 atom stereocenters. The van der Waals surface area contributed by atoms with E-state index in [-0.39, 0.29) is 35.4 Å². The maximum absolute atomic E-state index is 13.7. The fourth-order valence-electron chi connectivity index (χ4n) is 6.01. The Labute approximate surface area is 238 Å². The van der Waals surface area contributed by atoms with Crippen LogP contribution in [-0.4, -0.2) is 66.5 Å². The summed E-state index contributed by atoms with van der Waals surface area (Å²) in [6.07, 6.45) is 1.85. The van der Waals surface area contributed by atoms with Gasteiger partial charge in [-0.25, -0.2) is 9.29 Å². The Hall–Kier alpha value is -3.48. The second kappa shape index (κ2) is 11.6. The van der Waals surface area contributed by atoms with Crippen LogP contribution in [0.1, 0.15) is 44.1 Å². The van der Waals surface area contributed by atoms with Crippen molar-refractivity contribution in [1.82, 2.24) is 9.80 Å². The van der Waals surface area contributed by atoms with Crippen molar-refractivity contribution in [3.05, 3.63) is 64.9 Å². The maximum atomic E-state index is 13.7. The highest BCUT2D eigenvalue weighted by Crippen LogP contribution is 2.47. The number of carbonyl (C=O) groups excluding carboxylic acids is 3. The summed E-state index contributed by atoms with van der Waals surface area (Å²) in [6, 6.07) is 14.7. The number of nitriles is 1. The van der Waals surface area contributed by atoms with Crippen LogP contribution in [-0.2, 0) is 9.59 Å². The number of carbonyl (C=O) groups is 3. The number of rotatable bonds is 6. The van der Waals surface area contributed by atoms with Crippen molar-refractivity contribution in [2.45, 2.75) is 44.6 Å². The Morgan fingerprint density at radius 1 is 1.05 bits per heavy atom. The van der Waals surface area contributed by atoms with E-state index in [0.717, 1.165) is 5.56 Å². The van der Waals surface area contributed by atoms with Gasteiger partial charge in [-0.1, -0.05) is 23.7 Å². The Morgan fingerprint density at radius 2 is 1.70 bits per heavy atom. The van der Waals surface area contributed by atoms with Crippen molar-refractivity contribution in [3.63, 3.8) is 0 Å². The van der Waals surface area contributed by atoms with E-state index in [4.69, 9.17) is 16.3 Å². The second-order valence-electron chi connectivity index (χ2n) is 11.0. The van der Waals surface area contributed by atoms with Crippen LogP contribution in [0.25, 0.3) is 0 Å². The molecule has 0 spiro atoms. The van der Waals surface area contributed by atoms with Crippen molar-refractivity contribution in [1.29, 1.82) is 5.26 Å². The Morgan fingerprint density at radius 3 is 2.27 bits per heavy atom. The third kappa shape index (κ3) is 5.70. The number of nitrogens with zero attached hydrogens (tertiary/aromatic N) is 3. The highest BCUT2D eigenvalue weighted by molar-refractivity contribution is 6.30. The van der Waals surface area contributed by atoms with Crippen molar-refractivity contribution in [3.8, 4) is 11.8 Å². The van der Waals surface area contributed by atoms with Gasteiger partial charge in [0.25, 0.3) is 0 Å². The van der Waals surface area contributed by atoms with Crippen molar-refractivity contribution < 1.29 is 28.4 Å². The van der Waals surface area contributed by atoms with Gasteiger partial charge in [0.05, 0.1) is 25.1 Å². The molecule has 1 aliphatic carbocycles. The summed E-state index contributed by atoms with van der Waals surface area (Å²) in [5.41, 5.74) is 0.136. The van der Waals surface area contributed by atoms with Gasteiger partial charge in [-0.15, -0.1) is 0 Å². The highest BCUT2D eigenvalue weighted by atomic mass is 35.5. The summed E-state index contributed by atoms with van der Waals surface area (Å²) in [7, 11) is 0. The van der Waals surface area contributed by atoms with Gasteiger partial charge >= 0.3 is 6.09 Å². The zero-order chi connectivity index (χ0) is 28.4. The average Bonchev–Trinajstić information content (AvgIpc) is 3.66. The van der Waals surface area contributed by atoms with Crippen molar-refractivity contribution in [2.24, 2.45) is 11.3 Å². The number of quaternary nitrogens is 1. The van der Waals surface area contributed by atoms with Gasteiger partial charge in [0.2, 0.25) is 11.8 Å². The maximum Gasteiger partial charge on any atom is 0.520 e. The number of nitrogens with one attached hydrogen (secondary N) is 1. The van der Waals surface area contributed by atoms with Gasteiger partial charge in [0.1, 0.15) is 23.0 Å². The molecule has 1 saturated carbocycles. The van der Waals surface area contributed by atoms with Crippen LogP contribution in [0.5, 0.6) is 5.75 Å².